The van der Waals surface area contributed by atoms with Gasteiger partial charge in [-0.15, -0.1) is 0 Å². The first-order valence-corrected chi connectivity index (χ1v) is 9.21. The fraction of sp³-hybridized carbons (Fsp3) is 0.632. The molecule has 0 bridgehead atoms. The molecule has 0 aromatic carbocycles. The third-order valence-electron chi connectivity index (χ3n) is 5.38. The van der Waals surface area contributed by atoms with E-state index in [9.17, 15) is 9.59 Å². The third-order valence-corrected chi connectivity index (χ3v) is 5.38. The summed E-state index contributed by atoms with van der Waals surface area (Å²) in [5, 5.41) is 0. The van der Waals surface area contributed by atoms with Gasteiger partial charge in [0.25, 0.3) is 5.91 Å². The van der Waals surface area contributed by atoms with Crippen LogP contribution in [0.25, 0.3) is 0 Å². The topological polar surface area (TPSA) is 66.0 Å². The van der Waals surface area contributed by atoms with Gasteiger partial charge in [-0.3, -0.25) is 19.5 Å². The normalized spacial score (nSPS) is 23.3. The van der Waals surface area contributed by atoms with Crippen LogP contribution in [-0.4, -0.2) is 89.5 Å². The van der Waals surface area contributed by atoms with Crippen LogP contribution in [0.3, 0.4) is 0 Å². The zero-order valence-corrected chi connectivity index (χ0v) is 15.9. The summed E-state index contributed by atoms with van der Waals surface area (Å²) in [7, 11) is 1.96. The Morgan fingerprint density at radius 3 is 2.77 bits per heavy atom. The average molecular weight is 360 g/mol. The van der Waals surface area contributed by atoms with Crippen molar-refractivity contribution in [1.82, 2.24) is 19.7 Å². The molecule has 1 aromatic rings. The number of likely N-dealkylation sites (tertiary alicyclic amines) is 1. The zero-order valence-electron chi connectivity index (χ0n) is 15.9. The maximum atomic E-state index is 12.7. The molecule has 3 heterocycles. The number of carbonyl (C=O) groups is 2. The third kappa shape index (κ3) is 4.04. The van der Waals surface area contributed by atoms with Crippen LogP contribution in [0.15, 0.2) is 24.5 Å². The standard InChI is InChI=1S/C19H28N4O3/c1-15(2)21(3)12-17(24)22-8-6-19(13-22)14-23(9-10-26-19)18(25)16-5-4-7-20-11-16/h4-5,7,11,15H,6,8-10,12-14H2,1-3H3. The lowest BCUT2D eigenvalue weighted by Crippen LogP contribution is -2.55. The van der Waals surface area contributed by atoms with Crippen LogP contribution >= 0.6 is 0 Å². The molecule has 2 fully saturated rings. The Hall–Kier alpha value is -1.99. The molecule has 0 saturated carbocycles. The molecular formula is C19H28N4O3. The lowest BCUT2D eigenvalue weighted by atomic mass is 10.00. The molecule has 0 N–H and O–H groups in total. The molecule has 7 nitrogen and oxygen atoms in total. The number of ether oxygens (including phenoxy) is 1. The molecule has 0 radical (unpaired) electrons. The number of likely N-dealkylation sites (N-methyl/N-ethyl adjacent to an activating group) is 1. The van der Waals surface area contributed by atoms with E-state index in [1.54, 1.807) is 24.5 Å². The lowest BCUT2D eigenvalue weighted by molar-refractivity contribution is -0.134. The van der Waals surface area contributed by atoms with Gasteiger partial charge in [0.2, 0.25) is 5.91 Å². The number of hydrogen-bond acceptors (Lipinski definition) is 5. The SMILES string of the molecule is CC(C)N(C)CC(=O)N1CCC2(C1)CN(C(=O)c1cccnc1)CCO2. The Morgan fingerprint density at radius 1 is 1.31 bits per heavy atom. The quantitative estimate of drug-likeness (QED) is 0.797. The van der Waals surface area contributed by atoms with Gasteiger partial charge < -0.3 is 14.5 Å². The molecule has 2 aliphatic heterocycles. The molecule has 1 unspecified atom stereocenters. The molecular weight excluding hydrogens is 332 g/mol. The Morgan fingerprint density at radius 2 is 2.08 bits per heavy atom. The second-order valence-corrected chi connectivity index (χ2v) is 7.57. The van der Waals surface area contributed by atoms with Gasteiger partial charge in [-0.1, -0.05) is 0 Å². The van der Waals surface area contributed by atoms with E-state index in [1.165, 1.54) is 0 Å². The fourth-order valence-electron chi connectivity index (χ4n) is 3.49. The number of pyridine rings is 1. The summed E-state index contributed by atoms with van der Waals surface area (Å²) in [6, 6.07) is 3.88. The number of hydrogen-bond donors (Lipinski definition) is 0. The van der Waals surface area contributed by atoms with E-state index >= 15 is 0 Å². The number of amides is 2. The van der Waals surface area contributed by atoms with Crippen LogP contribution in [0, 0.1) is 0 Å². The van der Waals surface area contributed by atoms with Crippen LogP contribution in [0.5, 0.6) is 0 Å². The molecule has 0 aliphatic carbocycles. The minimum atomic E-state index is -0.442. The van der Waals surface area contributed by atoms with E-state index in [0.717, 1.165) is 6.42 Å². The molecule has 1 aromatic heterocycles. The van der Waals surface area contributed by atoms with Gasteiger partial charge in [0.15, 0.2) is 0 Å². The first-order chi connectivity index (χ1) is 12.4. The first-order valence-electron chi connectivity index (χ1n) is 9.21. The molecule has 1 spiro atoms. The molecule has 3 rings (SSSR count). The molecule has 142 valence electrons. The Kier molecular flexibility index (Phi) is 5.58. The smallest absolute Gasteiger partial charge is 0.255 e. The van der Waals surface area contributed by atoms with E-state index in [0.29, 0.717) is 50.9 Å². The molecule has 2 saturated heterocycles. The molecule has 1 atom stereocenters. The van der Waals surface area contributed by atoms with Crippen molar-refractivity contribution >= 4 is 11.8 Å². The van der Waals surface area contributed by atoms with E-state index < -0.39 is 5.60 Å². The first kappa shape index (κ1) is 18.8. The van der Waals surface area contributed by atoms with Crippen molar-refractivity contribution in [2.24, 2.45) is 0 Å². The highest BCUT2D eigenvalue weighted by atomic mass is 16.5. The maximum absolute atomic E-state index is 12.7. The Bertz CT molecular complexity index is 651. The van der Waals surface area contributed by atoms with Crippen molar-refractivity contribution in [3.05, 3.63) is 30.1 Å². The van der Waals surface area contributed by atoms with Crippen molar-refractivity contribution in [1.29, 1.82) is 0 Å². The van der Waals surface area contributed by atoms with Gasteiger partial charge in [0.05, 0.1) is 31.8 Å². The average Bonchev–Trinajstić information content (AvgIpc) is 3.05. The number of nitrogens with zero attached hydrogens (tertiary/aromatic N) is 4. The van der Waals surface area contributed by atoms with Crippen LogP contribution in [0.4, 0.5) is 0 Å². The fourth-order valence-corrected chi connectivity index (χ4v) is 3.49. The summed E-state index contributed by atoms with van der Waals surface area (Å²) in [6.45, 7) is 7.38. The van der Waals surface area contributed by atoms with Crippen LogP contribution < -0.4 is 0 Å². The highest BCUT2D eigenvalue weighted by Gasteiger charge is 2.45. The molecule has 2 amide bonds. The predicted octanol–water partition coefficient (Wildman–Crippen LogP) is 0.865. The van der Waals surface area contributed by atoms with Crippen LogP contribution in [-0.2, 0) is 9.53 Å². The van der Waals surface area contributed by atoms with Crippen molar-refractivity contribution in [2.75, 3.05) is 46.4 Å². The van der Waals surface area contributed by atoms with E-state index in [-0.39, 0.29) is 11.8 Å². The Balaban J connectivity index is 1.62. The van der Waals surface area contributed by atoms with Gasteiger partial charge in [-0.2, -0.15) is 0 Å². The van der Waals surface area contributed by atoms with Crippen molar-refractivity contribution < 1.29 is 14.3 Å². The number of morpholine rings is 1. The second kappa shape index (κ2) is 7.72. The molecule has 26 heavy (non-hydrogen) atoms. The monoisotopic (exact) mass is 360 g/mol. The van der Waals surface area contributed by atoms with Crippen molar-refractivity contribution in [2.45, 2.75) is 31.9 Å². The van der Waals surface area contributed by atoms with Gasteiger partial charge in [-0.25, -0.2) is 0 Å². The van der Waals surface area contributed by atoms with Gasteiger partial charge in [0, 0.05) is 31.5 Å². The highest BCUT2D eigenvalue weighted by Crippen LogP contribution is 2.30. The molecule has 7 heteroatoms. The van der Waals surface area contributed by atoms with Gasteiger partial charge >= 0.3 is 0 Å². The summed E-state index contributed by atoms with van der Waals surface area (Å²) in [4.78, 5) is 35.0. The van der Waals surface area contributed by atoms with Crippen LogP contribution in [0.2, 0.25) is 0 Å². The Labute approximate surface area is 154 Å². The maximum Gasteiger partial charge on any atom is 0.255 e. The summed E-state index contributed by atoms with van der Waals surface area (Å²) in [5.41, 5.74) is 0.149. The number of carbonyl (C=O) groups excluding carboxylic acids is 2. The van der Waals surface area contributed by atoms with E-state index in [4.69, 9.17) is 4.74 Å². The van der Waals surface area contributed by atoms with Gasteiger partial charge in [0.1, 0.15) is 5.60 Å². The summed E-state index contributed by atoms with van der Waals surface area (Å²) >= 11 is 0. The van der Waals surface area contributed by atoms with Crippen molar-refractivity contribution in [3.63, 3.8) is 0 Å². The van der Waals surface area contributed by atoms with E-state index in [1.807, 2.05) is 21.7 Å². The van der Waals surface area contributed by atoms with Gasteiger partial charge in [-0.05, 0) is 39.4 Å². The summed E-state index contributed by atoms with van der Waals surface area (Å²) in [5.74, 6) is 0.0995. The molecule has 2 aliphatic rings. The number of aromatic nitrogens is 1. The second-order valence-electron chi connectivity index (χ2n) is 7.57. The summed E-state index contributed by atoms with van der Waals surface area (Å²) < 4.78 is 6.06. The van der Waals surface area contributed by atoms with E-state index in [2.05, 4.69) is 18.8 Å². The minimum Gasteiger partial charge on any atom is -0.369 e. The van der Waals surface area contributed by atoms with Crippen LogP contribution in [0.1, 0.15) is 30.6 Å². The largest absolute Gasteiger partial charge is 0.369 e. The van der Waals surface area contributed by atoms with Crippen molar-refractivity contribution in [3.8, 4) is 0 Å². The zero-order chi connectivity index (χ0) is 18.7. The minimum absolute atomic E-state index is 0.0231. The predicted molar refractivity (Wildman–Crippen MR) is 97.8 cm³/mol. The number of rotatable bonds is 4. The lowest BCUT2D eigenvalue weighted by Gasteiger charge is -2.40. The summed E-state index contributed by atoms with van der Waals surface area (Å²) in [6.07, 6.45) is 4.02. The highest BCUT2D eigenvalue weighted by molar-refractivity contribution is 5.94.